The fraction of sp³-hybridized carbons (Fsp3) is 0.231. The van der Waals surface area contributed by atoms with Crippen LogP contribution in [0.2, 0.25) is 0 Å². The molecule has 0 radical (unpaired) electrons. The molecule has 0 aliphatic carbocycles. The molecular weight excluding hydrogens is 187 g/mol. The number of allylic oxidation sites excluding steroid dienone is 2. The van der Waals surface area contributed by atoms with Crippen LogP contribution < -0.4 is 5.30 Å². The van der Waals surface area contributed by atoms with Crippen LogP contribution in [0, 0.1) is 0 Å². The first-order valence-electron chi connectivity index (χ1n) is 4.90. The Bertz CT molecular complexity index is 267. The standard InChI is InChI=1S/C13H17P/c1-3-8-12(9-4-2)14-13-10-6-5-7-11-13/h3-7,10-12,14H,1-2,8-9H2. The van der Waals surface area contributed by atoms with Gasteiger partial charge < -0.3 is 0 Å². The van der Waals surface area contributed by atoms with E-state index in [9.17, 15) is 0 Å². The van der Waals surface area contributed by atoms with Crippen LogP contribution in [0.1, 0.15) is 12.8 Å². The molecule has 1 aromatic rings. The molecule has 1 unspecified atom stereocenters. The van der Waals surface area contributed by atoms with Gasteiger partial charge in [-0.05, 0) is 23.8 Å². The number of hydrogen-bond acceptors (Lipinski definition) is 0. The smallest absolute Gasteiger partial charge is 0.0127 e. The number of benzene rings is 1. The van der Waals surface area contributed by atoms with Crippen LogP contribution in [0.25, 0.3) is 0 Å². The molecule has 0 amide bonds. The lowest BCUT2D eigenvalue weighted by Crippen LogP contribution is -2.04. The molecule has 0 aliphatic heterocycles. The second-order valence-electron chi connectivity index (χ2n) is 3.26. The molecule has 0 saturated heterocycles. The summed E-state index contributed by atoms with van der Waals surface area (Å²) >= 11 is 0. The lowest BCUT2D eigenvalue weighted by Gasteiger charge is -2.12. The van der Waals surface area contributed by atoms with Crippen molar-refractivity contribution in [3.8, 4) is 0 Å². The van der Waals surface area contributed by atoms with Crippen LogP contribution in [0.5, 0.6) is 0 Å². The van der Waals surface area contributed by atoms with Gasteiger partial charge in [0.25, 0.3) is 0 Å². The summed E-state index contributed by atoms with van der Waals surface area (Å²) in [6, 6.07) is 10.6. The van der Waals surface area contributed by atoms with Gasteiger partial charge >= 0.3 is 0 Å². The normalized spacial score (nSPS) is 10.9. The fourth-order valence-corrected chi connectivity index (χ4v) is 2.81. The number of hydrogen-bond donors (Lipinski definition) is 0. The molecule has 14 heavy (non-hydrogen) atoms. The molecule has 74 valence electrons. The van der Waals surface area contributed by atoms with E-state index in [1.807, 2.05) is 12.2 Å². The highest BCUT2D eigenvalue weighted by Gasteiger charge is 2.05. The van der Waals surface area contributed by atoms with Gasteiger partial charge in [-0.25, -0.2) is 0 Å². The van der Waals surface area contributed by atoms with E-state index in [2.05, 4.69) is 43.5 Å². The van der Waals surface area contributed by atoms with Gasteiger partial charge in [0, 0.05) is 0 Å². The Morgan fingerprint density at radius 2 is 1.64 bits per heavy atom. The van der Waals surface area contributed by atoms with Crippen molar-refractivity contribution in [2.24, 2.45) is 0 Å². The van der Waals surface area contributed by atoms with Crippen LogP contribution in [0.4, 0.5) is 0 Å². The fourth-order valence-electron chi connectivity index (χ4n) is 1.39. The van der Waals surface area contributed by atoms with E-state index in [0.717, 1.165) is 21.4 Å². The topological polar surface area (TPSA) is 0 Å². The van der Waals surface area contributed by atoms with Crippen LogP contribution in [-0.2, 0) is 0 Å². The van der Waals surface area contributed by atoms with E-state index < -0.39 is 0 Å². The second-order valence-corrected chi connectivity index (χ2v) is 4.94. The molecule has 0 aliphatic rings. The van der Waals surface area contributed by atoms with Gasteiger partial charge in [0.2, 0.25) is 0 Å². The molecule has 1 rings (SSSR count). The van der Waals surface area contributed by atoms with Crippen LogP contribution in [0.3, 0.4) is 0 Å². The molecule has 0 saturated carbocycles. The monoisotopic (exact) mass is 204 g/mol. The molecular formula is C13H17P. The minimum absolute atomic E-state index is 0.687. The highest BCUT2D eigenvalue weighted by Crippen LogP contribution is 2.24. The second kappa shape index (κ2) is 6.56. The minimum atomic E-state index is 0.687. The lowest BCUT2D eigenvalue weighted by molar-refractivity contribution is 0.891. The van der Waals surface area contributed by atoms with Crippen LogP contribution in [-0.4, -0.2) is 5.66 Å². The molecule has 1 atom stereocenters. The van der Waals surface area contributed by atoms with Crippen molar-refractivity contribution in [3.05, 3.63) is 55.6 Å². The first-order chi connectivity index (χ1) is 6.86. The van der Waals surface area contributed by atoms with Crippen molar-refractivity contribution in [2.45, 2.75) is 18.5 Å². The van der Waals surface area contributed by atoms with Gasteiger partial charge in [0.1, 0.15) is 0 Å². The summed E-state index contributed by atoms with van der Waals surface area (Å²) in [5.74, 6) is 0. The molecule has 0 bridgehead atoms. The quantitative estimate of drug-likeness (QED) is 0.491. The van der Waals surface area contributed by atoms with Gasteiger partial charge in [-0.2, -0.15) is 0 Å². The summed E-state index contributed by atoms with van der Waals surface area (Å²) < 4.78 is 0. The average Bonchev–Trinajstić information content (AvgIpc) is 2.20. The van der Waals surface area contributed by atoms with Crippen molar-refractivity contribution in [1.29, 1.82) is 0 Å². The SMILES string of the molecule is C=CCC(CC=C)Pc1ccccc1. The van der Waals surface area contributed by atoms with E-state index in [0.29, 0.717) is 5.66 Å². The highest BCUT2D eigenvalue weighted by molar-refractivity contribution is 7.48. The Labute approximate surface area is 88.5 Å². The molecule has 1 aromatic carbocycles. The predicted octanol–water partition coefficient (Wildman–Crippen LogP) is 3.51. The first-order valence-corrected chi connectivity index (χ1v) is 5.98. The van der Waals surface area contributed by atoms with E-state index in [1.54, 1.807) is 0 Å². The molecule has 0 heterocycles. The van der Waals surface area contributed by atoms with E-state index >= 15 is 0 Å². The first kappa shape index (κ1) is 11.2. The average molecular weight is 204 g/mol. The van der Waals surface area contributed by atoms with Gasteiger partial charge in [-0.15, -0.1) is 13.2 Å². The van der Waals surface area contributed by atoms with E-state index in [-0.39, 0.29) is 0 Å². The van der Waals surface area contributed by atoms with Crippen molar-refractivity contribution < 1.29 is 0 Å². The third kappa shape index (κ3) is 3.89. The zero-order valence-corrected chi connectivity index (χ0v) is 9.45. The lowest BCUT2D eigenvalue weighted by atomic mass is 10.2. The Balaban J connectivity index is 2.54. The van der Waals surface area contributed by atoms with Crippen molar-refractivity contribution in [3.63, 3.8) is 0 Å². The molecule has 0 spiro atoms. The molecule has 0 nitrogen and oxygen atoms in total. The number of rotatable bonds is 6. The largest absolute Gasteiger partial charge is 0.103 e. The van der Waals surface area contributed by atoms with Gasteiger partial charge in [0.05, 0.1) is 0 Å². The third-order valence-electron chi connectivity index (χ3n) is 2.05. The van der Waals surface area contributed by atoms with E-state index in [1.165, 1.54) is 5.30 Å². The van der Waals surface area contributed by atoms with Gasteiger partial charge in [0.15, 0.2) is 0 Å². The zero-order valence-electron chi connectivity index (χ0n) is 8.45. The van der Waals surface area contributed by atoms with E-state index in [4.69, 9.17) is 0 Å². The Hall–Kier alpha value is -0.870. The maximum absolute atomic E-state index is 3.79. The summed E-state index contributed by atoms with van der Waals surface area (Å²) in [7, 11) is 0.867. The Morgan fingerprint density at radius 1 is 1.07 bits per heavy atom. The van der Waals surface area contributed by atoms with Gasteiger partial charge in [-0.1, -0.05) is 51.1 Å². The molecule has 1 heteroatoms. The minimum Gasteiger partial charge on any atom is -0.103 e. The maximum Gasteiger partial charge on any atom is -0.0127 e. The van der Waals surface area contributed by atoms with Crippen molar-refractivity contribution >= 4 is 13.9 Å². The van der Waals surface area contributed by atoms with Crippen LogP contribution in [0.15, 0.2) is 55.6 Å². The summed E-state index contributed by atoms with van der Waals surface area (Å²) in [5.41, 5.74) is 0.687. The van der Waals surface area contributed by atoms with Crippen LogP contribution >= 0.6 is 8.58 Å². The molecule has 0 fully saturated rings. The zero-order chi connectivity index (χ0) is 10.2. The molecule has 0 N–H and O–H groups in total. The summed E-state index contributed by atoms with van der Waals surface area (Å²) in [5, 5.41) is 1.43. The maximum atomic E-state index is 3.79. The summed E-state index contributed by atoms with van der Waals surface area (Å²) in [4.78, 5) is 0. The van der Waals surface area contributed by atoms with Gasteiger partial charge in [-0.3, -0.25) is 0 Å². The summed E-state index contributed by atoms with van der Waals surface area (Å²) in [6.45, 7) is 7.59. The third-order valence-corrected chi connectivity index (χ3v) is 3.59. The summed E-state index contributed by atoms with van der Waals surface area (Å²) in [6.07, 6.45) is 6.17. The van der Waals surface area contributed by atoms with Crippen molar-refractivity contribution in [2.75, 3.05) is 0 Å². The predicted molar refractivity (Wildman–Crippen MR) is 67.8 cm³/mol. The molecule has 0 aromatic heterocycles. The Kier molecular flexibility index (Phi) is 5.25. The van der Waals surface area contributed by atoms with Crippen molar-refractivity contribution in [1.82, 2.24) is 0 Å². The highest BCUT2D eigenvalue weighted by atomic mass is 31.1. The Morgan fingerprint density at radius 3 is 2.14 bits per heavy atom.